The second kappa shape index (κ2) is 13.6. The van der Waals surface area contributed by atoms with Gasteiger partial charge in [-0.3, -0.25) is 0 Å². The number of furan rings is 1. The minimum atomic E-state index is 0.679. The van der Waals surface area contributed by atoms with E-state index in [1.165, 1.54) is 27.1 Å². The maximum Gasteiger partial charge on any atom is 0.160 e. The second-order valence-corrected chi connectivity index (χ2v) is 14.6. The summed E-state index contributed by atoms with van der Waals surface area (Å²) in [5.41, 5.74) is 13.2. The van der Waals surface area contributed by atoms with Crippen LogP contribution in [0.2, 0.25) is 0 Å². The molecule has 0 saturated carbocycles. The average Bonchev–Trinajstić information content (AvgIpc) is 3.68. The molecule has 2 aromatic heterocycles. The summed E-state index contributed by atoms with van der Waals surface area (Å²) in [7, 11) is 0. The van der Waals surface area contributed by atoms with Gasteiger partial charge in [0, 0.05) is 33.0 Å². The van der Waals surface area contributed by atoms with Gasteiger partial charge in [-0.2, -0.15) is 0 Å². The molecule has 9 aromatic carbocycles. The molecule has 3 nitrogen and oxygen atoms in total. The summed E-state index contributed by atoms with van der Waals surface area (Å²) in [6.45, 7) is 0. The largest absolute Gasteiger partial charge is 0.455 e. The minimum Gasteiger partial charge on any atom is -0.455 e. The first-order valence-electron chi connectivity index (χ1n) is 19.3. The Bertz CT molecular complexity index is 3280. The standard InChI is InChI=1S/C54H34N2O/c1-2-14-39(15-3-1)54-55-50(38-27-24-36(25-28-38)41-29-26-35-12-4-5-16-40(35)30-41)34-51(56-54)44-32-42(46-20-10-17-37-13-6-7-18-45(37)46)31-43(33-44)47-21-11-22-49-48-19-8-9-23-52(48)57-53(47)49/h1-34H. The van der Waals surface area contributed by atoms with E-state index >= 15 is 0 Å². The maximum atomic E-state index is 6.59. The molecule has 0 unspecified atom stereocenters. The third-order valence-electron chi connectivity index (χ3n) is 11.1. The molecule has 0 aliphatic heterocycles. The van der Waals surface area contributed by atoms with Gasteiger partial charge in [-0.05, 0) is 85.8 Å². The summed E-state index contributed by atoms with van der Waals surface area (Å²) in [5, 5.41) is 7.08. The lowest BCUT2D eigenvalue weighted by atomic mass is 9.91. The van der Waals surface area contributed by atoms with Crippen LogP contribution in [0.25, 0.3) is 111 Å². The van der Waals surface area contributed by atoms with E-state index in [4.69, 9.17) is 14.4 Å². The fourth-order valence-electron chi connectivity index (χ4n) is 8.20. The van der Waals surface area contributed by atoms with Crippen molar-refractivity contribution in [3.8, 4) is 67.3 Å². The smallest absolute Gasteiger partial charge is 0.160 e. The molecule has 266 valence electrons. The van der Waals surface area contributed by atoms with E-state index in [2.05, 4.69) is 176 Å². The van der Waals surface area contributed by atoms with Crippen LogP contribution in [0.1, 0.15) is 0 Å². The third kappa shape index (κ3) is 5.94. The first-order chi connectivity index (χ1) is 28.2. The molecule has 3 heteroatoms. The van der Waals surface area contributed by atoms with E-state index in [9.17, 15) is 0 Å². The Morgan fingerprint density at radius 1 is 0.298 bits per heavy atom. The first-order valence-corrected chi connectivity index (χ1v) is 19.3. The van der Waals surface area contributed by atoms with E-state index < -0.39 is 0 Å². The molecular formula is C54H34N2O. The third-order valence-corrected chi connectivity index (χ3v) is 11.1. The zero-order chi connectivity index (χ0) is 37.7. The van der Waals surface area contributed by atoms with Crippen molar-refractivity contribution >= 4 is 43.5 Å². The van der Waals surface area contributed by atoms with Crippen molar-refractivity contribution in [2.24, 2.45) is 0 Å². The topological polar surface area (TPSA) is 38.9 Å². The van der Waals surface area contributed by atoms with E-state index in [0.29, 0.717) is 5.82 Å². The molecule has 0 N–H and O–H groups in total. The van der Waals surface area contributed by atoms with Crippen molar-refractivity contribution in [2.75, 3.05) is 0 Å². The van der Waals surface area contributed by atoms with Crippen molar-refractivity contribution in [1.29, 1.82) is 0 Å². The van der Waals surface area contributed by atoms with Crippen molar-refractivity contribution in [1.82, 2.24) is 9.97 Å². The lowest BCUT2D eigenvalue weighted by molar-refractivity contribution is 0.670. The number of nitrogens with zero attached hydrogens (tertiary/aromatic N) is 2. The maximum absolute atomic E-state index is 6.59. The molecule has 0 bridgehead atoms. The number of hydrogen-bond acceptors (Lipinski definition) is 3. The van der Waals surface area contributed by atoms with Crippen LogP contribution >= 0.6 is 0 Å². The van der Waals surface area contributed by atoms with Gasteiger partial charge in [0.25, 0.3) is 0 Å². The SMILES string of the molecule is c1ccc(-c2nc(-c3ccc(-c4ccc5ccccc5c4)cc3)cc(-c3cc(-c4cccc5ccccc45)cc(-c4cccc5c4oc4ccccc45)c3)n2)cc1. The van der Waals surface area contributed by atoms with Crippen molar-refractivity contribution in [3.63, 3.8) is 0 Å². The fourth-order valence-corrected chi connectivity index (χ4v) is 8.20. The minimum absolute atomic E-state index is 0.679. The van der Waals surface area contributed by atoms with Crippen LogP contribution in [0.5, 0.6) is 0 Å². The van der Waals surface area contributed by atoms with E-state index in [-0.39, 0.29) is 0 Å². The molecule has 0 aliphatic carbocycles. The zero-order valence-corrected chi connectivity index (χ0v) is 30.9. The monoisotopic (exact) mass is 726 g/mol. The summed E-state index contributed by atoms with van der Waals surface area (Å²) in [4.78, 5) is 10.5. The van der Waals surface area contributed by atoms with E-state index in [1.807, 2.05) is 30.3 Å². The Morgan fingerprint density at radius 3 is 1.72 bits per heavy atom. The molecule has 0 aliphatic rings. The van der Waals surface area contributed by atoms with Gasteiger partial charge in [0.2, 0.25) is 0 Å². The van der Waals surface area contributed by atoms with Gasteiger partial charge in [0.1, 0.15) is 11.2 Å². The van der Waals surface area contributed by atoms with Crippen LogP contribution in [0.4, 0.5) is 0 Å². The number of hydrogen-bond donors (Lipinski definition) is 0. The van der Waals surface area contributed by atoms with Crippen molar-refractivity contribution in [2.45, 2.75) is 0 Å². The molecule has 11 rings (SSSR count). The van der Waals surface area contributed by atoms with Crippen LogP contribution in [0, 0.1) is 0 Å². The molecule has 2 heterocycles. The van der Waals surface area contributed by atoms with Gasteiger partial charge in [0.15, 0.2) is 5.82 Å². The lowest BCUT2D eigenvalue weighted by Crippen LogP contribution is -1.97. The summed E-state index contributed by atoms with van der Waals surface area (Å²) < 4.78 is 6.59. The number of aromatic nitrogens is 2. The van der Waals surface area contributed by atoms with E-state index in [0.717, 1.165) is 77.8 Å². The Kier molecular flexibility index (Phi) is 7.82. The van der Waals surface area contributed by atoms with Gasteiger partial charge < -0.3 is 4.42 Å². The average molecular weight is 727 g/mol. The van der Waals surface area contributed by atoms with Crippen LogP contribution < -0.4 is 0 Å². The van der Waals surface area contributed by atoms with Crippen LogP contribution in [0.15, 0.2) is 211 Å². The van der Waals surface area contributed by atoms with Gasteiger partial charge >= 0.3 is 0 Å². The van der Waals surface area contributed by atoms with Crippen LogP contribution in [-0.4, -0.2) is 9.97 Å². The van der Waals surface area contributed by atoms with Gasteiger partial charge in [-0.15, -0.1) is 0 Å². The quantitative estimate of drug-likeness (QED) is 0.171. The number of rotatable bonds is 6. The molecule has 0 fully saturated rings. The highest BCUT2D eigenvalue weighted by Gasteiger charge is 2.17. The Morgan fingerprint density at radius 2 is 0.877 bits per heavy atom. The molecule has 0 spiro atoms. The highest BCUT2D eigenvalue weighted by molar-refractivity contribution is 6.10. The number of para-hydroxylation sites is 2. The fraction of sp³-hybridized carbons (Fsp3) is 0. The normalized spacial score (nSPS) is 11.5. The number of fused-ring (bicyclic) bond motifs is 5. The molecule has 0 atom stereocenters. The Hall–Kier alpha value is -7.62. The highest BCUT2D eigenvalue weighted by Crippen LogP contribution is 2.41. The summed E-state index contributed by atoms with van der Waals surface area (Å²) >= 11 is 0. The molecule has 0 saturated heterocycles. The molecule has 11 aromatic rings. The highest BCUT2D eigenvalue weighted by atomic mass is 16.3. The summed E-state index contributed by atoms with van der Waals surface area (Å²) in [5.74, 6) is 0.679. The van der Waals surface area contributed by atoms with Gasteiger partial charge in [-0.1, -0.05) is 170 Å². The predicted molar refractivity (Wildman–Crippen MR) is 237 cm³/mol. The van der Waals surface area contributed by atoms with E-state index in [1.54, 1.807) is 0 Å². The van der Waals surface area contributed by atoms with Crippen molar-refractivity contribution < 1.29 is 4.42 Å². The molecule has 0 radical (unpaired) electrons. The van der Waals surface area contributed by atoms with Gasteiger partial charge in [0.05, 0.1) is 11.4 Å². The second-order valence-electron chi connectivity index (χ2n) is 14.6. The van der Waals surface area contributed by atoms with Gasteiger partial charge in [-0.25, -0.2) is 9.97 Å². The lowest BCUT2D eigenvalue weighted by Gasteiger charge is -2.14. The van der Waals surface area contributed by atoms with Crippen LogP contribution in [0.3, 0.4) is 0 Å². The molecule has 0 amide bonds. The van der Waals surface area contributed by atoms with Crippen molar-refractivity contribution in [3.05, 3.63) is 206 Å². The molecule has 57 heavy (non-hydrogen) atoms. The first kappa shape index (κ1) is 32.8. The Balaban J connectivity index is 1.11. The Labute approximate surface area is 330 Å². The summed E-state index contributed by atoms with van der Waals surface area (Å²) in [6, 6.07) is 72.9. The number of benzene rings is 9. The summed E-state index contributed by atoms with van der Waals surface area (Å²) in [6.07, 6.45) is 0. The van der Waals surface area contributed by atoms with Crippen LogP contribution in [-0.2, 0) is 0 Å². The predicted octanol–water partition coefficient (Wildman–Crippen LogP) is 14.7. The molecular weight excluding hydrogens is 693 g/mol. The zero-order valence-electron chi connectivity index (χ0n) is 30.9.